The highest BCUT2D eigenvalue weighted by molar-refractivity contribution is 6.02. The van der Waals surface area contributed by atoms with Crippen LogP contribution in [0.15, 0.2) is 65.5 Å². The Kier molecular flexibility index (Phi) is 4.19. The van der Waals surface area contributed by atoms with Crippen LogP contribution in [0.5, 0.6) is 11.5 Å². The van der Waals surface area contributed by atoms with Gasteiger partial charge in [-0.1, -0.05) is 0 Å². The Balaban J connectivity index is 1.88. The number of furan rings is 1. The Morgan fingerprint density at radius 1 is 1.21 bits per heavy atom. The Labute approximate surface area is 135 Å². The van der Waals surface area contributed by atoms with Crippen molar-refractivity contribution in [2.24, 2.45) is 0 Å². The van der Waals surface area contributed by atoms with Crippen molar-refractivity contribution >= 4 is 17.3 Å². The van der Waals surface area contributed by atoms with Crippen LogP contribution < -0.4 is 10.1 Å². The molecule has 0 unspecified atom stereocenters. The number of carbonyl (C=O) groups is 1. The Morgan fingerprint density at radius 2 is 2.08 bits per heavy atom. The molecule has 3 aromatic rings. The number of hydrogen-bond acceptors (Lipinski definition) is 6. The van der Waals surface area contributed by atoms with Crippen LogP contribution in [0.2, 0.25) is 0 Å². The summed E-state index contributed by atoms with van der Waals surface area (Å²) in [4.78, 5) is 26.4. The third kappa shape index (κ3) is 3.55. The lowest BCUT2D eigenvalue weighted by molar-refractivity contribution is -0.384. The normalized spacial score (nSPS) is 10.2. The van der Waals surface area contributed by atoms with Crippen LogP contribution in [-0.2, 0) is 0 Å². The van der Waals surface area contributed by atoms with Crippen molar-refractivity contribution in [3.63, 3.8) is 0 Å². The maximum atomic E-state index is 12.0. The molecule has 2 heterocycles. The molecule has 0 fully saturated rings. The smallest absolute Gasteiger partial charge is 0.291 e. The number of nitrogens with zero attached hydrogens (tertiary/aromatic N) is 2. The highest BCUT2D eigenvalue weighted by atomic mass is 16.6. The van der Waals surface area contributed by atoms with Gasteiger partial charge in [0, 0.05) is 18.3 Å². The van der Waals surface area contributed by atoms with Gasteiger partial charge in [-0.05, 0) is 24.3 Å². The fourth-order valence-electron chi connectivity index (χ4n) is 1.96. The van der Waals surface area contributed by atoms with E-state index in [1.165, 1.54) is 36.7 Å². The van der Waals surface area contributed by atoms with Crippen LogP contribution in [0.3, 0.4) is 0 Å². The number of anilines is 1. The lowest BCUT2D eigenvalue weighted by Crippen LogP contribution is -2.11. The molecule has 0 atom stereocenters. The summed E-state index contributed by atoms with van der Waals surface area (Å²) in [5.41, 5.74) is -0.00405. The van der Waals surface area contributed by atoms with Gasteiger partial charge in [-0.3, -0.25) is 19.9 Å². The van der Waals surface area contributed by atoms with Gasteiger partial charge in [0.1, 0.15) is 11.5 Å². The standard InChI is InChI=1S/C16H11N3O5/c20-16(15-4-2-6-23-15)18-11-7-12(19(21)22)9-14(8-11)24-13-3-1-5-17-10-13/h1-10H,(H,18,20). The number of benzene rings is 1. The molecule has 0 saturated heterocycles. The number of ether oxygens (including phenoxy) is 1. The monoisotopic (exact) mass is 325 g/mol. The second-order valence-corrected chi connectivity index (χ2v) is 4.69. The molecule has 1 N–H and O–H groups in total. The number of nitro benzene ring substituents is 1. The molecule has 3 rings (SSSR count). The van der Waals surface area contributed by atoms with E-state index in [1.54, 1.807) is 24.4 Å². The van der Waals surface area contributed by atoms with E-state index in [0.29, 0.717) is 5.75 Å². The molecule has 8 nitrogen and oxygen atoms in total. The topological polar surface area (TPSA) is 108 Å². The first-order chi connectivity index (χ1) is 11.6. The van der Waals surface area contributed by atoms with Crippen molar-refractivity contribution in [2.75, 3.05) is 5.32 Å². The van der Waals surface area contributed by atoms with Gasteiger partial charge in [-0.2, -0.15) is 0 Å². The van der Waals surface area contributed by atoms with Gasteiger partial charge in [-0.15, -0.1) is 0 Å². The number of aromatic nitrogens is 1. The predicted octanol–water partition coefficient (Wildman–Crippen LogP) is 3.63. The Bertz CT molecular complexity index is 863. The van der Waals surface area contributed by atoms with E-state index >= 15 is 0 Å². The summed E-state index contributed by atoms with van der Waals surface area (Å²) in [6.45, 7) is 0. The van der Waals surface area contributed by atoms with Crippen LogP contribution in [0.25, 0.3) is 0 Å². The number of pyridine rings is 1. The molecule has 0 aliphatic rings. The quantitative estimate of drug-likeness (QED) is 0.567. The lowest BCUT2D eigenvalue weighted by atomic mass is 10.2. The van der Waals surface area contributed by atoms with E-state index in [9.17, 15) is 14.9 Å². The van der Waals surface area contributed by atoms with Crippen LogP contribution >= 0.6 is 0 Å². The van der Waals surface area contributed by atoms with Gasteiger partial charge in [0.05, 0.1) is 29.1 Å². The highest BCUT2D eigenvalue weighted by Gasteiger charge is 2.15. The maximum absolute atomic E-state index is 12.0. The third-order valence-electron chi connectivity index (χ3n) is 2.98. The van der Waals surface area contributed by atoms with Crippen molar-refractivity contribution in [1.29, 1.82) is 0 Å². The minimum Gasteiger partial charge on any atom is -0.459 e. The molecule has 1 aromatic carbocycles. The number of nitrogens with one attached hydrogen (secondary N) is 1. The molecule has 24 heavy (non-hydrogen) atoms. The lowest BCUT2D eigenvalue weighted by Gasteiger charge is -2.08. The van der Waals surface area contributed by atoms with Crippen molar-refractivity contribution in [3.05, 3.63) is 77.0 Å². The average molecular weight is 325 g/mol. The van der Waals surface area contributed by atoms with Crippen molar-refractivity contribution in [2.45, 2.75) is 0 Å². The fraction of sp³-hybridized carbons (Fsp3) is 0. The second kappa shape index (κ2) is 6.61. The number of non-ortho nitro benzene ring substituents is 1. The molecule has 1 amide bonds. The molecule has 0 spiro atoms. The summed E-state index contributed by atoms with van der Waals surface area (Å²) in [6.07, 6.45) is 4.41. The molecule has 2 aromatic heterocycles. The number of rotatable bonds is 5. The first-order valence-electron chi connectivity index (χ1n) is 6.84. The van der Waals surface area contributed by atoms with Gasteiger partial charge in [0.2, 0.25) is 0 Å². The number of nitro groups is 1. The molecular weight excluding hydrogens is 314 g/mol. The molecule has 8 heteroatoms. The second-order valence-electron chi connectivity index (χ2n) is 4.69. The summed E-state index contributed by atoms with van der Waals surface area (Å²) in [5, 5.41) is 13.6. The molecule has 0 radical (unpaired) electrons. The van der Waals surface area contributed by atoms with Crippen molar-refractivity contribution in [1.82, 2.24) is 4.98 Å². The first-order valence-corrected chi connectivity index (χ1v) is 6.84. The molecule has 0 aliphatic heterocycles. The zero-order valence-corrected chi connectivity index (χ0v) is 12.2. The summed E-state index contributed by atoms with van der Waals surface area (Å²) in [5.74, 6) is 0.192. The molecule has 0 saturated carbocycles. The van der Waals surface area contributed by atoms with Crippen LogP contribution in [0, 0.1) is 10.1 Å². The van der Waals surface area contributed by atoms with E-state index in [1.807, 2.05) is 0 Å². The zero-order chi connectivity index (χ0) is 16.9. The third-order valence-corrected chi connectivity index (χ3v) is 2.98. The van der Waals surface area contributed by atoms with Gasteiger partial charge in [-0.25, -0.2) is 0 Å². The van der Waals surface area contributed by atoms with Gasteiger partial charge in [0.25, 0.3) is 11.6 Å². The molecule has 0 aliphatic carbocycles. The van der Waals surface area contributed by atoms with Crippen LogP contribution in [0.1, 0.15) is 10.6 Å². The summed E-state index contributed by atoms with van der Waals surface area (Å²) >= 11 is 0. The van der Waals surface area contributed by atoms with E-state index < -0.39 is 10.8 Å². The largest absolute Gasteiger partial charge is 0.459 e. The first kappa shape index (κ1) is 15.2. The van der Waals surface area contributed by atoms with Gasteiger partial charge >= 0.3 is 0 Å². The number of carbonyl (C=O) groups excluding carboxylic acids is 1. The van der Waals surface area contributed by atoms with E-state index in [0.717, 1.165) is 0 Å². The summed E-state index contributed by atoms with van der Waals surface area (Å²) in [6, 6.07) is 10.4. The van der Waals surface area contributed by atoms with Crippen LogP contribution in [0.4, 0.5) is 11.4 Å². The molecule has 120 valence electrons. The number of amides is 1. The molecule has 0 bridgehead atoms. The Hall–Kier alpha value is -3.68. The van der Waals surface area contributed by atoms with Gasteiger partial charge in [0.15, 0.2) is 5.76 Å². The van der Waals surface area contributed by atoms with Crippen LogP contribution in [-0.4, -0.2) is 15.8 Å². The van der Waals surface area contributed by atoms with E-state index in [4.69, 9.17) is 9.15 Å². The zero-order valence-electron chi connectivity index (χ0n) is 12.2. The van der Waals surface area contributed by atoms with Crippen molar-refractivity contribution in [3.8, 4) is 11.5 Å². The predicted molar refractivity (Wildman–Crippen MR) is 84.1 cm³/mol. The maximum Gasteiger partial charge on any atom is 0.291 e. The summed E-state index contributed by atoms with van der Waals surface area (Å²) in [7, 11) is 0. The Morgan fingerprint density at radius 3 is 2.75 bits per heavy atom. The average Bonchev–Trinajstić information content (AvgIpc) is 3.10. The van der Waals surface area contributed by atoms with E-state index in [2.05, 4.69) is 10.3 Å². The fourth-order valence-corrected chi connectivity index (χ4v) is 1.96. The highest BCUT2D eigenvalue weighted by Crippen LogP contribution is 2.29. The minimum absolute atomic E-state index is 0.0937. The minimum atomic E-state index is -0.571. The van der Waals surface area contributed by atoms with Gasteiger partial charge < -0.3 is 14.5 Å². The van der Waals surface area contributed by atoms with E-state index in [-0.39, 0.29) is 22.9 Å². The van der Waals surface area contributed by atoms with Crippen molar-refractivity contribution < 1.29 is 18.9 Å². The summed E-state index contributed by atoms with van der Waals surface area (Å²) < 4.78 is 10.5. The SMILES string of the molecule is O=C(Nc1cc(Oc2cccnc2)cc([N+](=O)[O-])c1)c1ccco1. The molecular formula is C16H11N3O5. The number of hydrogen-bond donors (Lipinski definition) is 1.